The zero-order valence-electron chi connectivity index (χ0n) is 8.52. The van der Waals surface area contributed by atoms with Crippen LogP contribution in [0, 0.1) is 11.3 Å². The third kappa shape index (κ3) is 3.44. The normalized spacial score (nSPS) is 11.4. The Balaban J connectivity index is 3.28. The summed E-state index contributed by atoms with van der Waals surface area (Å²) in [4.78, 5) is 12.9. The van der Waals surface area contributed by atoms with Crippen molar-refractivity contribution in [2.75, 3.05) is 0 Å². The molecule has 1 aromatic heterocycles. The summed E-state index contributed by atoms with van der Waals surface area (Å²) in [5, 5.41) is 8.34. The number of rotatable bonds is 3. The Morgan fingerprint density at radius 3 is 2.50 bits per heavy atom. The van der Waals surface area contributed by atoms with E-state index in [4.69, 9.17) is 5.26 Å². The van der Waals surface area contributed by atoms with E-state index in [2.05, 4.69) is 4.74 Å². The Bertz CT molecular complexity index is 529. The van der Waals surface area contributed by atoms with Gasteiger partial charge in [-0.25, -0.2) is 8.78 Å². The van der Waals surface area contributed by atoms with Gasteiger partial charge in [-0.1, -0.05) is 0 Å². The highest BCUT2D eigenvalue weighted by atomic mass is 19.4. The maximum absolute atomic E-state index is 12.5. The van der Waals surface area contributed by atoms with Crippen molar-refractivity contribution >= 4 is 0 Å². The second-order valence-corrected chi connectivity index (χ2v) is 3.08. The van der Waals surface area contributed by atoms with Gasteiger partial charge in [0.05, 0.1) is 12.5 Å². The molecule has 0 bridgehead atoms. The van der Waals surface area contributed by atoms with Crippen molar-refractivity contribution in [2.45, 2.75) is 19.2 Å². The van der Waals surface area contributed by atoms with Gasteiger partial charge in [0.2, 0.25) is 0 Å². The molecule has 0 atom stereocenters. The minimum Gasteiger partial charge on any atom is -0.400 e. The van der Waals surface area contributed by atoms with E-state index >= 15 is 0 Å². The third-order valence-corrected chi connectivity index (χ3v) is 1.84. The Morgan fingerprint density at radius 2 is 2.06 bits per heavy atom. The molecule has 4 nitrogen and oxygen atoms in total. The average molecular weight is 268 g/mol. The molecule has 0 aliphatic heterocycles. The van der Waals surface area contributed by atoms with Crippen LogP contribution < -0.4 is 10.3 Å². The van der Waals surface area contributed by atoms with Gasteiger partial charge in [0.1, 0.15) is 0 Å². The lowest BCUT2D eigenvalue weighted by Gasteiger charge is -2.11. The number of nitrogens with zero attached hydrogens (tertiary/aromatic N) is 1. The first kappa shape index (κ1) is 14.0. The molecule has 0 fully saturated rings. The van der Waals surface area contributed by atoms with Gasteiger partial charge < -0.3 is 9.72 Å². The molecule has 0 saturated heterocycles. The minimum atomic E-state index is -5.16. The van der Waals surface area contributed by atoms with E-state index in [1.165, 1.54) is 6.07 Å². The molecule has 1 aromatic rings. The fourth-order valence-corrected chi connectivity index (χ4v) is 1.19. The molecular weight excluding hydrogens is 263 g/mol. The molecule has 0 saturated carbocycles. The summed E-state index contributed by atoms with van der Waals surface area (Å²) in [6.45, 7) is 0. The van der Waals surface area contributed by atoms with Crippen LogP contribution in [0.5, 0.6) is 5.75 Å². The van der Waals surface area contributed by atoms with Crippen molar-refractivity contribution in [3.8, 4) is 11.8 Å². The molecule has 1 heterocycles. The molecule has 0 unspecified atom stereocenters. The number of hydrogen-bond acceptors (Lipinski definition) is 3. The number of nitriles is 1. The van der Waals surface area contributed by atoms with E-state index in [-0.39, 0.29) is 6.07 Å². The topological polar surface area (TPSA) is 65.9 Å². The van der Waals surface area contributed by atoms with Gasteiger partial charge in [-0.2, -0.15) is 5.26 Å². The molecule has 0 radical (unpaired) electrons. The molecule has 0 aliphatic carbocycles. The third-order valence-electron chi connectivity index (χ3n) is 1.84. The number of alkyl halides is 5. The van der Waals surface area contributed by atoms with E-state index in [9.17, 15) is 26.7 Å². The Kier molecular flexibility index (Phi) is 3.90. The molecule has 0 spiro atoms. The van der Waals surface area contributed by atoms with Crippen LogP contribution in [0.15, 0.2) is 10.9 Å². The van der Waals surface area contributed by atoms with Crippen molar-refractivity contribution in [2.24, 2.45) is 0 Å². The number of H-pyrrole nitrogens is 1. The SMILES string of the molecule is N#CCc1[nH]c(=O)c(OC(F)(F)F)cc1C(F)F. The highest BCUT2D eigenvalue weighted by Gasteiger charge is 2.33. The zero-order chi connectivity index (χ0) is 13.9. The van der Waals surface area contributed by atoms with Gasteiger partial charge in [-0.05, 0) is 6.07 Å². The van der Waals surface area contributed by atoms with Crippen LogP contribution in [-0.2, 0) is 6.42 Å². The zero-order valence-corrected chi connectivity index (χ0v) is 8.52. The smallest absolute Gasteiger partial charge is 0.400 e. The number of aromatic amines is 1. The van der Waals surface area contributed by atoms with Crippen LogP contribution in [0.2, 0.25) is 0 Å². The largest absolute Gasteiger partial charge is 0.573 e. The highest BCUT2D eigenvalue weighted by Crippen LogP contribution is 2.26. The second kappa shape index (κ2) is 5.03. The van der Waals surface area contributed by atoms with E-state index < -0.39 is 41.8 Å². The predicted molar refractivity (Wildman–Crippen MR) is 48.0 cm³/mol. The lowest BCUT2D eigenvalue weighted by Crippen LogP contribution is -2.24. The lowest BCUT2D eigenvalue weighted by atomic mass is 10.1. The molecule has 1 N–H and O–H groups in total. The quantitative estimate of drug-likeness (QED) is 0.855. The first-order valence-electron chi connectivity index (χ1n) is 4.41. The minimum absolute atomic E-state index is 0.281. The van der Waals surface area contributed by atoms with Crippen LogP contribution in [0.3, 0.4) is 0 Å². The van der Waals surface area contributed by atoms with Gasteiger partial charge in [-0.3, -0.25) is 4.79 Å². The number of ether oxygens (including phenoxy) is 1. The molecule has 98 valence electrons. The van der Waals surface area contributed by atoms with Crippen LogP contribution in [0.4, 0.5) is 22.0 Å². The predicted octanol–water partition coefficient (Wildman–Crippen LogP) is 2.28. The fraction of sp³-hybridized carbons (Fsp3) is 0.333. The molecule has 9 heteroatoms. The van der Waals surface area contributed by atoms with E-state index in [0.29, 0.717) is 0 Å². The van der Waals surface area contributed by atoms with Crippen molar-refractivity contribution in [3.63, 3.8) is 0 Å². The number of pyridine rings is 1. The van der Waals surface area contributed by atoms with Crippen molar-refractivity contribution in [1.29, 1.82) is 5.26 Å². The fourth-order valence-electron chi connectivity index (χ4n) is 1.19. The number of hydrogen-bond donors (Lipinski definition) is 1. The lowest BCUT2D eigenvalue weighted by molar-refractivity contribution is -0.275. The van der Waals surface area contributed by atoms with Gasteiger partial charge in [-0.15, -0.1) is 13.2 Å². The Labute approximate surface area is 96.6 Å². The van der Waals surface area contributed by atoms with Crippen molar-refractivity contribution in [3.05, 3.63) is 27.7 Å². The summed E-state index contributed by atoms with van der Waals surface area (Å²) >= 11 is 0. The summed E-state index contributed by atoms with van der Waals surface area (Å²) in [5.41, 5.74) is -2.65. The average Bonchev–Trinajstić information content (AvgIpc) is 2.20. The van der Waals surface area contributed by atoms with Crippen LogP contribution in [0.25, 0.3) is 0 Å². The molecule has 0 aromatic carbocycles. The Morgan fingerprint density at radius 1 is 1.44 bits per heavy atom. The first-order chi connectivity index (χ1) is 8.24. The highest BCUT2D eigenvalue weighted by molar-refractivity contribution is 5.32. The summed E-state index contributed by atoms with van der Waals surface area (Å²) in [6.07, 6.45) is -8.86. The summed E-state index contributed by atoms with van der Waals surface area (Å²) in [7, 11) is 0. The molecule has 0 aliphatic rings. The van der Waals surface area contributed by atoms with Crippen LogP contribution in [0.1, 0.15) is 17.7 Å². The van der Waals surface area contributed by atoms with Gasteiger partial charge in [0.15, 0.2) is 5.75 Å². The Hall–Kier alpha value is -2.11. The maximum Gasteiger partial charge on any atom is 0.573 e. The maximum atomic E-state index is 12.5. The first-order valence-corrected chi connectivity index (χ1v) is 4.41. The monoisotopic (exact) mass is 268 g/mol. The summed E-state index contributed by atoms with van der Waals surface area (Å²) < 4.78 is 64.0. The molecule has 1 rings (SSSR count). The van der Waals surface area contributed by atoms with Gasteiger partial charge >= 0.3 is 6.36 Å². The van der Waals surface area contributed by atoms with E-state index in [1.54, 1.807) is 4.98 Å². The van der Waals surface area contributed by atoms with Crippen LogP contribution in [-0.4, -0.2) is 11.3 Å². The van der Waals surface area contributed by atoms with Crippen LogP contribution >= 0.6 is 0 Å². The summed E-state index contributed by atoms with van der Waals surface area (Å²) in [5.74, 6) is -1.29. The van der Waals surface area contributed by atoms with E-state index in [0.717, 1.165) is 0 Å². The standard InChI is InChI=1S/C9H5F5N2O2/c10-7(11)4-3-6(18-9(12,13)14)8(17)16-5(4)1-2-15/h3,7H,1H2,(H,16,17). The van der Waals surface area contributed by atoms with Crippen molar-refractivity contribution < 1.29 is 26.7 Å². The number of nitrogens with one attached hydrogen (secondary N) is 1. The molecule has 0 amide bonds. The van der Waals surface area contributed by atoms with Crippen molar-refractivity contribution in [1.82, 2.24) is 4.98 Å². The summed E-state index contributed by atoms with van der Waals surface area (Å²) in [6, 6.07) is 1.79. The van der Waals surface area contributed by atoms with E-state index in [1.807, 2.05) is 0 Å². The number of halogens is 5. The van der Waals surface area contributed by atoms with Gasteiger partial charge in [0.25, 0.3) is 12.0 Å². The molecular formula is C9H5F5N2O2. The number of aromatic nitrogens is 1. The second-order valence-electron chi connectivity index (χ2n) is 3.08. The molecule has 18 heavy (non-hydrogen) atoms. The van der Waals surface area contributed by atoms with Gasteiger partial charge in [0, 0.05) is 11.3 Å².